The smallest absolute Gasteiger partial charge is 0.207 e. The van der Waals surface area contributed by atoms with Crippen LogP contribution in [0.1, 0.15) is 12.8 Å². The van der Waals surface area contributed by atoms with Gasteiger partial charge in [0.2, 0.25) is 10.0 Å². The first-order valence-electron chi connectivity index (χ1n) is 6.40. The topological polar surface area (TPSA) is 62.1 Å². The lowest BCUT2D eigenvalue weighted by Gasteiger charge is -2.17. The van der Waals surface area contributed by atoms with Gasteiger partial charge in [0.1, 0.15) is 16.3 Å². The summed E-state index contributed by atoms with van der Waals surface area (Å²) in [5.74, 6) is 0.930. The highest BCUT2D eigenvalue weighted by Crippen LogP contribution is 2.39. The Hall–Kier alpha value is -0.760. The zero-order valence-electron chi connectivity index (χ0n) is 10.7. The Morgan fingerprint density at radius 1 is 1.40 bits per heavy atom. The number of alkyl halides is 1. The van der Waals surface area contributed by atoms with E-state index in [1.807, 2.05) is 0 Å². The maximum absolute atomic E-state index is 12.7. The van der Waals surface area contributed by atoms with Crippen LogP contribution >= 0.6 is 11.6 Å². The molecule has 3 rings (SSSR count). The fraction of sp³-hybridized carbons (Fsp3) is 0.500. The summed E-state index contributed by atoms with van der Waals surface area (Å²) in [6.45, 7) is 1.10. The van der Waals surface area contributed by atoms with Crippen molar-refractivity contribution in [2.45, 2.75) is 17.7 Å². The van der Waals surface area contributed by atoms with E-state index in [9.17, 15) is 8.42 Å². The molecule has 0 aromatic heterocycles. The summed E-state index contributed by atoms with van der Waals surface area (Å²) >= 11 is 6.77. The predicted octanol–water partition coefficient (Wildman–Crippen LogP) is 3.05. The van der Waals surface area contributed by atoms with Crippen molar-refractivity contribution in [1.82, 2.24) is 4.31 Å². The van der Waals surface area contributed by atoms with Crippen molar-refractivity contribution in [3.05, 3.63) is 18.2 Å². The number of fused-ring (bicyclic) bond motifs is 1. The van der Waals surface area contributed by atoms with Crippen LogP contribution in [0.5, 0.6) is 0 Å². The van der Waals surface area contributed by atoms with Gasteiger partial charge < -0.3 is 0 Å². The van der Waals surface area contributed by atoms with Crippen LogP contribution < -0.4 is 0 Å². The standard InChI is InChI=1S/C12H14ClN3O2S2/c13-6-4-9-5-7-16(8-9)20(17,18)11-3-1-2-10-12(11)15-19-14-10/h1-3,9H,4-8H2. The SMILES string of the molecule is O=S(=O)(c1cccc2c1N=S=N2)N1CCC(CCCl)C1. The highest BCUT2D eigenvalue weighted by atomic mass is 35.5. The summed E-state index contributed by atoms with van der Waals surface area (Å²) in [4.78, 5) is 0.260. The summed E-state index contributed by atoms with van der Waals surface area (Å²) in [5, 5.41) is 0. The minimum Gasteiger partial charge on any atom is -0.207 e. The zero-order chi connectivity index (χ0) is 14.2. The number of nitrogens with zero attached hydrogens (tertiary/aromatic N) is 3. The van der Waals surface area contributed by atoms with Gasteiger partial charge in [0.25, 0.3) is 0 Å². The molecule has 0 N–H and O–H groups in total. The number of hydrogen-bond donors (Lipinski definition) is 0. The van der Waals surface area contributed by atoms with E-state index in [0.29, 0.717) is 36.3 Å². The normalized spacial score (nSPS) is 21.9. The molecule has 2 aliphatic heterocycles. The highest BCUT2D eigenvalue weighted by molar-refractivity contribution is 7.89. The molecule has 0 radical (unpaired) electrons. The third-order valence-electron chi connectivity index (χ3n) is 3.63. The lowest BCUT2D eigenvalue weighted by molar-refractivity contribution is 0.454. The van der Waals surface area contributed by atoms with Crippen LogP contribution in [-0.4, -0.2) is 31.7 Å². The van der Waals surface area contributed by atoms with E-state index >= 15 is 0 Å². The molecule has 0 aliphatic carbocycles. The first-order valence-corrected chi connectivity index (χ1v) is 9.11. The molecule has 108 valence electrons. The van der Waals surface area contributed by atoms with Gasteiger partial charge in [0, 0.05) is 19.0 Å². The van der Waals surface area contributed by atoms with Gasteiger partial charge in [-0.25, -0.2) is 8.42 Å². The van der Waals surface area contributed by atoms with E-state index in [-0.39, 0.29) is 4.90 Å². The first kappa shape index (κ1) is 14.2. The molecule has 1 atom stereocenters. The minimum atomic E-state index is -3.49. The van der Waals surface area contributed by atoms with Crippen molar-refractivity contribution in [1.29, 1.82) is 0 Å². The summed E-state index contributed by atoms with van der Waals surface area (Å²) < 4.78 is 35.2. The monoisotopic (exact) mass is 331 g/mol. The molecule has 5 nitrogen and oxygen atoms in total. The summed E-state index contributed by atoms with van der Waals surface area (Å²) in [7, 11) is -3.49. The maximum Gasteiger partial charge on any atom is 0.245 e. The van der Waals surface area contributed by atoms with Gasteiger partial charge in [0.05, 0.1) is 11.4 Å². The highest BCUT2D eigenvalue weighted by Gasteiger charge is 2.34. The Morgan fingerprint density at radius 2 is 2.25 bits per heavy atom. The molecule has 1 unspecified atom stereocenters. The lowest BCUT2D eigenvalue weighted by atomic mass is 10.1. The van der Waals surface area contributed by atoms with E-state index < -0.39 is 10.0 Å². The molecule has 8 heteroatoms. The molecule has 1 fully saturated rings. The fourth-order valence-electron chi connectivity index (χ4n) is 2.53. The number of rotatable bonds is 4. The zero-order valence-corrected chi connectivity index (χ0v) is 13.1. The van der Waals surface area contributed by atoms with E-state index in [1.165, 1.54) is 0 Å². The van der Waals surface area contributed by atoms with Gasteiger partial charge in [-0.3, -0.25) is 0 Å². The van der Waals surface area contributed by atoms with Crippen LogP contribution in [-0.2, 0) is 21.4 Å². The average Bonchev–Trinajstić information content (AvgIpc) is 3.06. The van der Waals surface area contributed by atoms with E-state index in [0.717, 1.165) is 24.2 Å². The van der Waals surface area contributed by atoms with Crippen LogP contribution in [0, 0.1) is 5.92 Å². The van der Waals surface area contributed by atoms with E-state index in [4.69, 9.17) is 11.6 Å². The molecule has 0 spiro atoms. The van der Waals surface area contributed by atoms with Crippen LogP contribution in [0.15, 0.2) is 31.8 Å². The lowest BCUT2D eigenvalue weighted by Crippen LogP contribution is -2.29. The Bertz CT molecular complexity index is 699. The predicted molar refractivity (Wildman–Crippen MR) is 80.2 cm³/mol. The molecule has 0 bridgehead atoms. The minimum absolute atomic E-state index is 0.260. The van der Waals surface area contributed by atoms with Crippen molar-refractivity contribution in [2.75, 3.05) is 19.0 Å². The quantitative estimate of drug-likeness (QED) is 0.808. The second kappa shape index (κ2) is 5.55. The van der Waals surface area contributed by atoms with E-state index in [2.05, 4.69) is 8.73 Å². The third kappa shape index (κ3) is 2.43. The Morgan fingerprint density at radius 3 is 3.05 bits per heavy atom. The van der Waals surface area contributed by atoms with Crippen molar-refractivity contribution in [2.24, 2.45) is 14.6 Å². The molecule has 1 aromatic carbocycles. The summed E-state index contributed by atoms with van der Waals surface area (Å²) in [5.41, 5.74) is 1.10. The van der Waals surface area contributed by atoms with Crippen molar-refractivity contribution >= 4 is 44.4 Å². The Labute approximate surface area is 126 Å². The fourth-order valence-corrected chi connectivity index (χ4v) is 5.13. The largest absolute Gasteiger partial charge is 0.245 e. The number of benzene rings is 1. The second-order valence-corrected chi connectivity index (χ2v) is 7.70. The van der Waals surface area contributed by atoms with Gasteiger partial charge in [-0.15, -0.1) is 11.6 Å². The molecule has 0 amide bonds. The summed E-state index contributed by atoms with van der Waals surface area (Å²) in [6.07, 6.45) is 1.73. The molecule has 1 saturated heterocycles. The van der Waals surface area contributed by atoms with Crippen molar-refractivity contribution in [3.63, 3.8) is 0 Å². The van der Waals surface area contributed by atoms with Gasteiger partial charge in [-0.2, -0.15) is 13.0 Å². The third-order valence-corrected chi connectivity index (χ3v) is 6.29. The van der Waals surface area contributed by atoms with Gasteiger partial charge in [0.15, 0.2) is 0 Å². The Kier molecular flexibility index (Phi) is 3.94. The average molecular weight is 332 g/mol. The van der Waals surface area contributed by atoms with Crippen molar-refractivity contribution in [3.8, 4) is 0 Å². The molecule has 2 aliphatic rings. The van der Waals surface area contributed by atoms with Crippen LogP contribution in [0.2, 0.25) is 0 Å². The molecule has 20 heavy (non-hydrogen) atoms. The summed E-state index contributed by atoms with van der Waals surface area (Å²) in [6, 6.07) is 5.09. The van der Waals surface area contributed by atoms with Gasteiger partial charge in [-0.05, 0) is 30.9 Å². The van der Waals surface area contributed by atoms with Crippen LogP contribution in [0.3, 0.4) is 0 Å². The van der Waals surface area contributed by atoms with Crippen molar-refractivity contribution < 1.29 is 8.42 Å². The van der Waals surface area contributed by atoms with Crippen LogP contribution in [0.25, 0.3) is 0 Å². The number of sulfonamides is 1. The Balaban J connectivity index is 1.91. The molecule has 1 aromatic rings. The second-order valence-electron chi connectivity index (χ2n) is 4.88. The van der Waals surface area contributed by atoms with Gasteiger partial charge >= 0.3 is 0 Å². The molecule has 2 heterocycles. The maximum atomic E-state index is 12.7. The number of halogens is 1. The van der Waals surface area contributed by atoms with Crippen LogP contribution in [0.4, 0.5) is 11.4 Å². The first-order chi connectivity index (χ1) is 9.63. The van der Waals surface area contributed by atoms with E-state index in [1.54, 1.807) is 22.5 Å². The van der Waals surface area contributed by atoms with Gasteiger partial charge in [-0.1, -0.05) is 6.07 Å². The molecule has 0 saturated carbocycles. The molecular weight excluding hydrogens is 318 g/mol. The molecular formula is C12H14ClN3O2S2. The number of hydrogen-bond acceptors (Lipinski definition) is 4.